The van der Waals surface area contributed by atoms with Gasteiger partial charge in [-0.3, -0.25) is 4.79 Å². The number of hydrogen-bond acceptors (Lipinski definition) is 2. The van der Waals surface area contributed by atoms with E-state index in [-0.39, 0.29) is 18.0 Å². The number of aryl methyl sites for hydroxylation is 1. The molecular weight excluding hydrogens is 302 g/mol. The molecule has 0 saturated carbocycles. The Hall–Kier alpha value is -2.82. The second kappa shape index (κ2) is 6.74. The summed E-state index contributed by atoms with van der Waals surface area (Å²) in [5, 5.41) is 5.34. The fraction of sp³-hybridized carbons (Fsp3) is 0.263. The van der Waals surface area contributed by atoms with Gasteiger partial charge in [0.15, 0.2) is 0 Å². The summed E-state index contributed by atoms with van der Waals surface area (Å²) in [6, 6.07) is 15.5. The fourth-order valence-corrected chi connectivity index (χ4v) is 2.94. The van der Waals surface area contributed by atoms with Gasteiger partial charge in [-0.25, -0.2) is 4.79 Å². The first-order valence-corrected chi connectivity index (χ1v) is 8.02. The van der Waals surface area contributed by atoms with E-state index in [0.717, 1.165) is 16.7 Å². The van der Waals surface area contributed by atoms with Gasteiger partial charge in [0.2, 0.25) is 0 Å². The molecule has 1 fully saturated rings. The maximum atomic E-state index is 12.8. The lowest BCUT2D eigenvalue weighted by Gasteiger charge is -2.39. The number of likely N-dealkylation sites (tertiary alicyclic amines) is 1. The molecule has 1 saturated heterocycles. The van der Waals surface area contributed by atoms with Crippen molar-refractivity contribution >= 4 is 11.9 Å². The normalized spacial score (nSPS) is 14.0. The Morgan fingerprint density at radius 1 is 1.00 bits per heavy atom. The molecule has 2 aromatic carbocycles. The smallest absolute Gasteiger partial charge is 0.314 e. The van der Waals surface area contributed by atoms with Gasteiger partial charge in [0, 0.05) is 25.7 Å². The quantitative estimate of drug-likeness (QED) is 0.911. The van der Waals surface area contributed by atoms with E-state index in [9.17, 15) is 9.59 Å². The largest absolute Gasteiger partial charge is 0.341 e. The number of nitrogens with one attached hydrogen (secondary N) is 2. The van der Waals surface area contributed by atoms with Gasteiger partial charge in [0.05, 0.1) is 6.04 Å². The summed E-state index contributed by atoms with van der Waals surface area (Å²) in [7, 11) is 1.58. The minimum Gasteiger partial charge on any atom is -0.341 e. The van der Waals surface area contributed by atoms with Gasteiger partial charge in [-0.1, -0.05) is 42.5 Å². The summed E-state index contributed by atoms with van der Waals surface area (Å²) in [6.45, 7) is 3.12. The van der Waals surface area contributed by atoms with Crippen LogP contribution in [0.3, 0.4) is 0 Å². The van der Waals surface area contributed by atoms with Crippen LogP contribution in [-0.2, 0) is 0 Å². The summed E-state index contributed by atoms with van der Waals surface area (Å²) in [5.74, 6) is 0.00353. The summed E-state index contributed by atoms with van der Waals surface area (Å²) in [4.78, 5) is 25.9. The van der Waals surface area contributed by atoms with E-state index in [4.69, 9.17) is 0 Å². The molecule has 1 aliphatic heterocycles. The van der Waals surface area contributed by atoms with Crippen molar-refractivity contribution in [3.8, 4) is 11.1 Å². The molecule has 24 heavy (non-hydrogen) atoms. The molecule has 2 aromatic rings. The number of hydrogen-bond donors (Lipinski definition) is 2. The molecule has 3 amide bonds. The highest BCUT2D eigenvalue weighted by Crippen LogP contribution is 2.28. The van der Waals surface area contributed by atoms with Crippen LogP contribution in [0, 0.1) is 6.92 Å². The van der Waals surface area contributed by atoms with E-state index >= 15 is 0 Å². The average Bonchev–Trinajstić information content (AvgIpc) is 2.57. The molecule has 0 aromatic heterocycles. The first kappa shape index (κ1) is 16.1. The molecule has 2 N–H and O–H groups in total. The van der Waals surface area contributed by atoms with E-state index in [2.05, 4.69) is 10.6 Å². The van der Waals surface area contributed by atoms with Gasteiger partial charge < -0.3 is 15.5 Å². The lowest BCUT2D eigenvalue weighted by atomic mass is 9.94. The Kier molecular flexibility index (Phi) is 4.51. The summed E-state index contributed by atoms with van der Waals surface area (Å²) in [6.07, 6.45) is 0. The number of rotatable bonds is 3. The highest BCUT2D eigenvalue weighted by Gasteiger charge is 2.33. The second-order valence-corrected chi connectivity index (χ2v) is 5.99. The van der Waals surface area contributed by atoms with E-state index in [1.54, 1.807) is 11.9 Å². The zero-order chi connectivity index (χ0) is 17.1. The molecule has 124 valence electrons. The zero-order valence-electron chi connectivity index (χ0n) is 13.9. The standard InChI is InChI=1S/C19H21N3O2/c1-13-7-3-4-8-15(13)16-9-5-6-10-17(16)18(23)22-11-14(12-22)21-19(24)20-2/h3-10,14H,11-12H2,1-2H3,(H2,20,21,24). The predicted molar refractivity (Wildman–Crippen MR) is 93.9 cm³/mol. The average molecular weight is 323 g/mol. The monoisotopic (exact) mass is 323 g/mol. The minimum atomic E-state index is -0.215. The molecule has 5 heteroatoms. The molecular formula is C19H21N3O2. The molecule has 0 spiro atoms. The molecule has 5 nitrogen and oxygen atoms in total. The van der Waals surface area contributed by atoms with Gasteiger partial charge in [-0.05, 0) is 29.7 Å². The summed E-state index contributed by atoms with van der Waals surface area (Å²) >= 11 is 0. The van der Waals surface area contributed by atoms with Crippen LogP contribution in [0.15, 0.2) is 48.5 Å². The Balaban J connectivity index is 1.78. The number of carbonyl (C=O) groups is 2. The minimum absolute atomic E-state index is 0.00353. The Labute approximate surface area is 141 Å². The second-order valence-electron chi connectivity index (χ2n) is 5.99. The maximum Gasteiger partial charge on any atom is 0.314 e. The maximum absolute atomic E-state index is 12.8. The lowest BCUT2D eigenvalue weighted by Crippen LogP contribution is -2.62. The number of carbonyl (C=O) groups excluding carboxylic acids is 2. The van der Waals surface area contributed by atoms with Gasteiger partial charge in [-0.2, -0.15) is 0 Å². The number of amides is 3. The third-order valence-corrected chi connectivity index (χ3v) is 4.32. The molecule has 1 heterocycles. The van der Waals surface area contributed by atoms with Crippen molar-refractivity contribution in [3.63, 3.8) is 0 Å². The number of nitrogens with zero attached hydrogens (tertiary/aromatic N) is 1. The van der Waals surface area contributed by atoms with Crippen LogP contribution in [0.1, 0.15) is 15.9 Å². The molecule has 1 aliphatic rings. The van der Waals surface area contributed by atoms with Crippen molar-refractivity contribution in [2.24, 2.45) is 0 Å². The molecule has 0 bridgehead atoms. The van der Waals surface area contributed by atoms with Gasteiger partial charge in [0.1, 0.15) is 0 Å². The van der Waals surface area contributed by atoms with E-state index < -0.39 is 0 Å². The first-order valence-electron chi connectivity index (χ1n) is 8.02. The SMILES string of the molecule is CNC(=O)NC1CN(C(=O)c2ccccc2-c2ccccc2C)C1. The molecule has 0 unspecified atom stereocenters. The van der Waals surface area contributed by atoms with Crippen LogP contribution in [0.4, 0.5) is 4.79 Å². The van der Waals surface area contributed by atoms with Crippen LogP contribution in [0.5, 0.6) is 0 Å². The van der Waals surface area contributed by atoms with Gasteiger partial charge in [0.25, 0.3) is 5.91 Å². The van der Waals surface area contributed by atoms with Crippen LogP contribution in [0.2, 0.25) is 0 Å². The molecule has 0 aliphatic carbocycles. The van der Waals surface area contributed by atoms with E-state index in [1.165, 1.54) is 0 Å². The topological polar surface area (TPSA) is 61.4 Å². The number of urea groups is 1. The lowest BCUT2D eigenvalue weighted by molar-refractivity contribution is 0.0578. The predicted octanol–water partition coefficient (Wildman–Crippen LogP) is 2.42. The highest BCUT2D eigenvalue weighted by molar-refractivity contribution is 6.01. The third-order valence-electron chi connectivity index (χ3n) is 4.32. The Morgan fingerprint density at radius 3 is 2.29 bits per heavy atom. The van der Waals surface area contributed by atoms with Gasteiger partial charge >= 0.3 is 6.03 Å². The molecule has 3 rings (SSSR count). The third kappa shape index (κ3) is 3.11. The Bertz CT molecular complexity index is 767. The van der Waals surface area contributed by atoms with Crippen molar-refractivity contribution in [2.45, 2.75) is 13.0 Å². The fourth-order valence-electron chi connectivity index (χ4n) is 2.94. The zero-order valence-corrected chi connectivity index (χ0v) is 13.9. The van der Waals surface area contributed by atoms with Crippen LogP contribution in [-0.4, -0.2) is 43.0 Å². The van der Waals surface area contributed by atoms with Crippen molar-refractivity contribution in [3.05, 3.63) is 59.7 Å². The molecule has 0 atom stereocenters. The van der Waals surface area contributed by atoms with Crippen molar-refractivity contribution in [2.75, 3.05) is 20.1 Å². The number of benzene rings is 2. The van der Waals surface area contributed by atoms with Crippen molar-refractivity contribution < 1.29 is 9.59 Å². The van der Waals surface area contributed by atoms with E-state index in [0.29, 0.717) is 18.7 Å². The van der Waals surface area contributed by atoms with E-state index in [1.807, 2.05) is 55.5 Å². The van der Waals surface area contributed by atoms with Crippen molar-refractivity contribution in [1.82, 2.24) is 15.5 Å². The van der Waals surface area contributed by atoms with Crippen molar-refractivity contribution in [1.29, 1.82) is 0 Å². The van der Waals surface area contributed by atoms with Gasteiger partial charge in [-0.15, -0.1) is 0 Å². The summed E-state index contributed by atoms with van der Waals surface area (Å²) in [5.41, 5.74) is 3.86. The Morgan fingerprint density at radius 2 is 1.62 bits per heavy atom. The van der Waals surface area contributed by atoms with Crippen LogP contribution < -0.4 is 10.6 Å². The van der Waals surface area contributed by atoms with Crippen LogP contribution in [0.25, 0.3) is 11.1 Å². The highest BCUT2D eigenvalue weighted by atomic mass is 16.2. The first-order chi connectivity index (χ1) is 11.6. The molecule has 0 radical (unpaired) electrons. The summed E-state index contributed by atoms with van der Waals surface area (Å²) < 4.78 is 0. The van der Waals surface area contributed by atoms with Crippen LogP contribution >= 0.6 is 0 Å².